The molecule has 1 aromatic rings. The van der Waals surface area contributed by atoms with Crippen LogP contribution in [0.2, 0.25) is 0 Å². The van der Waals surface area contributed by atoms with Gasteiger partial charge in [0.05, 0.1) is 12.6 Å². The number of carbonyl (C=O) groups is 1. The van der Waals surface area contributed by atoms with Gasteiger partial charge < -0.3 is 9.64 Å². The van der Waals surface area contributed by atoms with Gasteiger partial charge in [-0.1, -0.05) is 30.3 Å². The summed E-state index contributed by atoms with van der Waals surface area (Å²) >= 11 is 0. The maximum Gasteiger partial charge on any atom is 0.225 e. The van der Waals surface area contributed by atoms with E-state index < -0.39 is 0 Å². The lowest BCUT2D eigenvalue weighted by Crippen LogP contribution is -2.39. The number of carbonyl (C=O) groups excluding carboxylic acids is 1. The maximum absolute atomic E-state index is 11.9. The van der Waals surface area contributed by atoms with Crippen molar-refractivity contribution in [2.24, 2.45) is 0 Å². The minimum absolute atomic E-state index is 0.0983. The zero-order valence-corrected chi connectivity index (χ0v) is 9.35. The average Bonchev–Trinajstić information content (AvgIpc) is 2.78. The lowest BCUT2D eigenvalue weighted by atomic mass is 10.1. The van der Waals surface area contributed by atoms with Gasteiger partial charge in [0.25, 0.3) is 0 Å². The summed E-state index contributed by atoms with van der Waals surface area (Å²) in [6.45, 7) is 2.63. The van der Waals surface area contributed by atoms with Crippen molar-refractivity contribution in [2.45, 2.75) is 31.5 Å². The molecule has 0 bridgehead atoms. The minimum Gasteiger partial charge on any atom is -0.353 e. The van der Waals surface area contributed by atoms with E-state index in [-0.39, 0.29) is 17.7 Å². The van der Waals surface area contributed by atoms with Crippen LogP contribution in [0, 0.1) is 0 Å². The van der Waals surface area contributed by atoms with Crippen molar-refractivity contribution in [3.8, 4) is 0 Å². The normalized spacial score (nSPS) is 33.2. The van der Waals surface area contributed by atoms with Gasteiger partial charge in [-0.2, -0.15) is 0 Å². The van der Waals surface area contributed by atoms with Gasteiger partial charge in [-0.15, -0.1) is 0 Å². The first kappa shape index (κ1) is 9.85. The van der Waals surface area contributed by atoms with Crippen LogP contribution in [-0.2, 0) is 9.53 Å². The molecule has 0 saturated carbocycles. The number of hydrogen-bond donors (Lipinski definition) is 0. The lowest BCUT2D eigenvalue weighted by Gasteiger charge is -2.29. The van der Waals surface area contributed by atoms with Gasteiger partial charge in [-0.3, -0.25) is 4.79 Å². The second-order valence-corrected chi connectivity index (χ2v) is 4.68. The summed E-state index contributed by atoms with van der Waals surface area (Å²) in [4.78, 5) is 13.8. The van der Waals surface area contributed by atoms with Crippen LogP contribution in [0.1, 0.15) is 31.4 Å². The van der Waals surface area contributed by atoms with Gasteiger partial charge in [-0.25, -0.2) is 0 Å². The molecule has 2 saturated heterocycles. The largest absolute Gasteiger partial charge is 0.353 e. The summed E-state index contributed by atoms with van der Waals surface area (Å²) in [6, 6.07) is 10.2. The fourth-order valence-electron chi connectivity index (χ4n) is 2.74. The molecule has 3 rings (SSSR count). The lowest BCUT2D eigenvalue weighted by molar-refractivity contribution is -0.136. The van der Waals surface area contributed by atoms with Crippen molar-refractivity contribution in [3.63, 3.8) is 0 Å². The molecule has 0 radical (unpaired) electrons. The van der Waals surface area contributed by atoms with E-state index in [2.05, 4.69) is 12.1 Å². The van der Waals surface area contributed by atoms with Crippen molar-refractivity contribution in [1.82, 2.24) is 4.90 Å². The van der Waals surface area contributed by atoms with Gasteiger partial charge in [0.15, 0.2) is 0 Å². The van der Waals surface area contributed by atoms with E-state index in [1.54, 1.807) is 0 Å². The molecule has 0 spiro atoms. The first-order valence-electron chi connectivity index (χ1n) is 5.72. The fraction of sp³-hybridized carbons (Fsp3) is 0.462. The quantitative estimate of drug-likeness (QED) is 0.721. The Morgan fingerprint density at radius 1 is 1.38 bits per heavy atom. The molecule has 84 valence electrons. The summed E-state index contributed by atoms with van der Waals surface area (Å²) in [5.41, 5.74) is 0.805. The predicted octanol–water partition coefficient (Wildman–Crippen LogP) is 2.10. The van der Waals surface area contributed by atoms with Gasteiger partial charge in [0.2, 0.25) is 5.91 Å². The Hall–Kier alpha value is -1.35. The van der Waals surface area contributed by atoms with Crippen LogP contribution < -0.4 is 0 Å². The second-order valence-electron chi connectivity index (χ2n) is 4.68. The van der Waals surface area contributed by atoms with E-state index in [1.807, 2.05) is 30.0 Å². The van der Waals surface area contributed by atoms with Crippen LogP contribution >= 0.6 is 0 Å². The predicted molar refractivity (Wildman–Crippen MR) is 59.6 cm³/mol. The number of hydrogen-bond acceptors (Lipinski definition) is 2. The van der Waals surface area contributed by atoms with Crippen LogP contribution in [0.15, 0.2) is 30.3 Å². The molecule has 1 aromatic carbocycles. The Kier molecular flexibility index (Phi) is 2.04. The molecule has 0 aliphatic carbocycles. The van der Waals surface area contributed by atoms with Crippen LogP contribution in [0.5, 0.6) is 0 Å². The molecule has 2 atom stereocenters. The van der Waals surface area contributed by atoms with E-state index in [4.69, 9.17) is 4.74 Å². The van der Waals surface area contributed by atoms with Gasteiger partial charge in [0.1, 0.15) is 5.72 Å². The summed E-state index contributed by atoms with van der Waals surface area (Å²) in [6.07, 6.45) is 1.43. The molecule has 3 nitrogen and oxygen atoms in total. The Labute approximate surface area is 95.0 Å². The number of nitrogens with zero attached hydrogens (tertiary/aromatic N) is 1. The molecule has 0 N–H and O–H groups in total. The third-order valence-electron chi connectivity index (χ3n) is 3.63. The zero-order valence-electron chi connectivity index (χ0n) is 9.35. The van der Waals surface area contributed by atoms with Crippen molar-refractivity contribution in [3.05, 3.63) is 35.9 Å². The van der Waals surface area contributed by atoms with Crippen LogP contribution in [0.25, 0.3) is 0 Å². The smallest absolute Gasteiger partial charge is 0.225 e. The standard InChI is InChI=1S/C13H15NO2/c1-13-8-7-12(15)14(13)11(9-16-13)10-5-3-2-4-6-10/h2-6,11H,7-9H2,1H3/t11-,13?/m1/s1. The van der Waals surface area contributed by atoms with Crippen LogP contribution in [0.3, 0.4) is 0 Å². The highest BCUT2D eigenvalue weighted by molar-refractivity contribution is 5.80. The van der Waals surface area contributed by atoms with Gasteiger partial charge in [0, 0.05) is 12.8 Å². The molecule has 1 unspecified atom stereocenters. The average molecular weight is 217 g/mol. The van der Waals surface area contributed by atoms with Crippen molar-refractivity contribution < 1.29 is 9.53 Å². The van der Waals surface area contributed by atoms with E-state index >= 15 is 0 Å². The number of amides is 1. The highest BCUT2D eigenvalue weighted by Crippen LogP contribution is 2.44. The fourth-order valence-corrected chi connectivity index (χ4v) is 2.74. The minimum atomic E-state index is -0.364. The van der Waals surface area contributed by atoms with Crippen molar-refractivity contribution >= 4 is 5.91 Å². The van der Waals surface area contributed by atoms with Gasteiger partial charge in [-0.05, 0) is 12.5 Å². The van der Waals surface area contributed by atoms with E-state index in [9.17, 15) is 4.79 Å². The maximum atomic E-state index is 11.9. The third-order valence-corrected chi connectivity index (χ3v) is 3.63. The molecule has 3 heteroatoms. The zero-order chi connectivity index (χ0) is 11.2. The van der Waals surface area contributed by atoms with E-state index in [1.165, 1.54) is 5.56 Å². The summed E-state index contributed by atoms with van der Waals surface area (Å²) in [5.74, 6) is 0.217. The first-order chi connectivity index (χ1) is 7.71. The van der Waals surface area contributed by atoms with Crippen molar-refractivity contribution in [2.75, 3.05) is 6.61 Å². The molecule has 1 amide bonds. The number of ether oxygens (including phenoxy) is 1. The molecule has 2 fully saturated rings. The first-order valence-corrected chi connectivity index (χ1v) is 5.72. The molecule has 2 heterocycles. The molecule has 2 aliphatic rings. The topological polar surface area (TPSA) is 29.5 Å². The second kappa shape index (κ2) is 3.32. The summed E-state index contributed by atoms with van der Waals surface area (Å²) in [7, 11) is 0. The molecular weight excluding hydrogens is 202 g/mol. The summed E-state index contributed by atoms with van der Waals surface area (Å²) in [5, 5.41) is 0. The van der Waals surface area contributed by atoms with Crippen LogP contribution in [-0.4, -0.2) is 23.1 Å². The third kappa shape index (κ3) is 1.28. The van der Waals surface area contributed by atoms with Crippen LogP contribution in [0.4, 0.5) is 0 Å². The van der Waals surface area contributed by atoms with E-state index in [0.29, 0.717) is 13.0 Å². The molecular formula is C13H15NO2. The SMILES string of the molecule is CC12CCC(=O)N1[C@@H](c1ccccc1)CO2. The highest BCUT2D eigenvalue weighted by Gasteiger charge is 2.51. The Bertz CT molecular complexity index is 417. The number of fused-ring (bicyclic) bond motifs is 1. The molecule has 0 aromatic heterocycles. The Morgan fingerprint density at radius 2 is 2.12 bits per heavy atom. The monoisotopic (exact) mass is 217 g/mol. The molecule has 16 heavy (non-hydrogen) atoms. The number of benzene rings is 1. The van der Waals surface area contributed by atoms with Crippen molar-refractivity contribution in [1.29, 1.82) is 0 Å². The highest BCUT2D eigenvalue weighted by atomic mass is 16.5. The van der Waals surface area contributed by atoms with Gasteiger partial charge >= 0.3 is 0 Å². The Morgan fingerprint density at radius 3 is 2.88 bits per heavy atom. The molecule has 2 aliphatic heterocycles. The Balaban J connectivity index is 1.97. The van der Waals surface area contributed by atoms with E-state index in [0.717, 1.165) is 6.42 Å². The number of rotatable bonds is 1. The summed E-state index contributed by atoms with van der Waals surface area (Å²) < 4.78 is 5.81.